The van der Waals surface area contributed by atoms with Crippen molar-refractivity contribution in [2.45, 2.75) is 6.42 Å². The van der Waals surface area contributed by atoms with E-state index in [1.54, 1.807) is 12.1 Å². The number of nitrogens with one attached hydrogen (secondary N) is 1. The molecule has 0 saturated carbocycles. The fraction of sp³-hybridized carbons (Fsp3) is 0.222. The summed E-state index contributed by atoms with van der Waals surface area (Å²) in [4.78, 5) is 10.2. The summed E-state index contributed by atoms with van der Waals surface area (Å²) in [6.45, 7) is 0.430. The van der Waals surface area contributed by atoms with Crippen LogP contribution in [0.5, 0.6) is 0 Å². The first-order valence-corrected chi connectivity index (χ1v) is 3.99. The van der Waals surface area contributed by atoms with E-state index in [1.807, 2.05) is 12.1 Å². The van der Waals surface area contributed by atoms with Gasteiger partial charge in [0.25, 0.3) is 0 Å². The first-order chi connectivity index (χ1) is 6.18. The number of hydrogen-bond donors (Lipinski definition) is 3. The van der Waals surface area contributed by atoms with Gasteiger partial charge in [0.1, 0.15) is 0 Å². The molecule has 1 aromatic carbocycles. The Balaban J connectivity index is 2.37. The van der Waals surface area contributed by atoms with Gasteiger partial charge in [-0.3, -0.25) is 4.79 Å². The lowest BCUT2D eigenvalue weighted by atomic mass is 10.3. The van der Waals surface area contributed by atoms with E-state index in [4.69, 9.17) is 10.8 Å². The van der Waals surface area contributed by atoms with Crippen molar-refractivity contribution in [1.29, 1.82) is 0 Å². The molecule has 0 aliphatic heterocycles. The van der Waals surface area contributed by atoms with E-state index in [1.165, 1.54) is 0 Å². The van der Waals surface area contributed by atoms with Crippen molar-refractivity contribution in [3.63, 3.8) is 0 Å². The van der Waals surface area contributed by atoms with Crippen LogP contribution in [-0.2, 0) is 4.79 Å². The van der Waals surface area contributed by atoms with Crippen LogP contribution in [-0.4, -0.2) is 17.6 Å². The zero-order valence-electron chi connectivity index (χ0n) is 7.16. The second kappa shape index (κ2) is 4.35. The fourth-order valence-electron chi connectivity index (χ4n) is 0.915. The highest BCUT2D eigenvalue weighted by Crippen LogP contribution is 2.09. The third-order valence-electron chi connectivity index (χ3n) is 1.58. The molecule has 1 rings (SSSR count). The molecule has 0 aliphatic carbocycles. The van der Waals surface area contributed by atoms with Crippen LogP contribution < -0.4 is 11.1 Å². The molecule has 0 atom stereocenters. The normalized spacial score (nSPS) is 9.54. The Hall–Kier alpha value is -1.71. The number of nitrogen functional groups attached to an aromatic ring is 1. The van der Waals surface area contributed by atoms with Crippen LogP contribution in [0.2, 0.25) is 0 Å². The molecule has 13 heavy (non-hydrogen) atoms. The first kappa shape index (κ1) is 9.38. The van der Waals surface area contributed by atoms with E-state index in [2.05, 4.69) is 5.32 Å². The van der Waals surface area contributed by atoms with Gasteiger partial charge in [0.05, 0.1) is 6.42 Å². The van der Waals surface area contributed by atoms with Gasteiger partial charge in [-0.1, -0.05) is 0 Å². The molecule has 4 nitrogen and oxygen atoms in total. The van der Waals surface area contributed by atoms with E-state index in [-0.39, 0.29) is 6.42 Å². The molecule has 4 heteroatoms. The number of benzene rings is 1. The maximum absolute atomic E-state index is 10.2. The topological polar surface area (TPSA) is 75.3 Å². The van der Waals surface area contributed by atoms with Crippen LogP contribution >= 0.6 is 0 Å². The van der Waals surface area contributed by atoms with E-state index >= 15 is 0 Å². The molecule has 0 radical (unpaired) electrons. The molecular formula is C9H12N2O2. The van der Waals surface area contributed by atoms with Crippen LogP contribution in [0.3, 0.4) is 0 Å². The minimum atomic E-state index is -0.803. The number of nitrogens with two attached hydrogens (primary N) is 1. The van der Waals surface area contributed by atoms with Gasteiger partial charge in [-0.2, -0.15) is 0 Å². The Bertz CT molecular complexity index is 282. The Morgan fingerprint density at radius 2 is 2.00 bits per heavy atom. The lowest BCUT2D eigenvalue weighted by Crippen LogP contribution is -2.07. The van der Waals surface area contributed by atoms with E-state index in [0.29, 0.717) is 12.2 Å². The fourth-order valence-corrected chi connectivity index (χ4v) is 0.915. The summed E-state index contributed by atoms with van der Waals surface area (Å²) in [6.07, 6.45) is 0.115. The molecule has 4 N–H and O–H groups in total. The minimum absolute atomic E-state index is 0.115. The van der Waals surface area contributed by atoms with E-state index in [9.17, 15) is 4.79 Å². The number of carbonyl (C=O) groups is 1. The molecule has 0 bridgehead atoms. The summed E-state index contributed by atoms with van der Waals surface area (Å²) in [5, 5.41) is 11.3. The highest BCUT2D eigenvalue weighted by molar-refractivity contribution is 5.67. The van der Waals surface area contributed by atoms with Gasteiger partial charge in [-0.25, -0.2) is 0 Å². The lowest BCUT2D eigenvalue weighted by molar-refractivity contribution is -0.136. The summed E-state index contributed by atoms with van der Waals surface area (Å²) in [7, 11) is 0. The second-order valence-corrected chi connectivity index (χ2v) is 2.69. The molecule has 70 valence electrons. The highest BCUT2D eigenvalue weighted by atomic mass is 16.4. The smallest absolute Gasteiger partial charge is 0.305 e. The maximum atomic E-state index is 10.2. The third kappa shape index (κ3) is 3.46. The Labute approximate surface area is 76.4 Å². The molecule has 0 heterocycles. The number of aliphatic carboxylic acids is 1. The van der Waals surface area contributed by atoms with Crippen LogP contribution in [0, 0.1) is 0 Å². The molecule has 0 unspecified atom stereocenters. The standard InChI is InChI=1S/C9H12N2O2/c10-7-1-3-8(4-2-7)11-6-5-9(12)13/h1-4,11H,5-6,10H2,(H,12,13). The summed E-state index contributed by atoms with van der Waals surface area (Å²) in [5.41, 5.74) is 7.06. The number of hydrogen-bond acceptors (Lipinski definition) is 3. The van der Waals surface area contributed by atoms with Crippen molar-refractivity contribution >= 4 is 17.3 Å². The second-order valence-electron chi connectivity index (χ2n) is 2.69. The first-order valence-electron chi connectivity index (χ1n) is 3.99. The monoisotopic (exact) mass is 180 g/mol. The molecule has 0 fully saturated rings. The van der Waals surface area contributed by atoms with Crippen molar-refractivity contribution < 1.29 is 9.90 Å². The molecule has 0 aromatic heterocycles. The van der Waals surface area contributed by atoms with Crippen LogP contribution in [0.15, 0.2) is 24.3 Å². The predicted molar refractivity (Wildman–Crippen MR) is 51.6 cm³/mol. The van der Waals surface area contributed by atoms with Gasteiger partial charge >= 0.3 is 5.97 Å². The molecule has 1 aromatic rings. The van der Waals surface area contributed by atoms with Crippen LogP contribution in [0.1, 0.15) is 6.42 Å². The molecular weight excluding hydrogens is 168 g/mol. The van der Waals surface area contributed by atoms with Gasteiger partial charge in [-0.15, -0.1) is 0 Å². The lowest BCUT2D eigenvalue weighted by Gasteiger charge is -2.03. The highest BCUT2D eigenvalue weighted by Gasteiger charge is 1.95. The predicted octanol–water partition coefficient (Wildman–Crippen LogP) is 1.16. The van der Waals surface area contributed by atoms with Gasteiger partial charge in [0.15, 0.2) is 0 Å². The van der Waals surface area contributed by atoms with Crippen molar-refractivity contribution in [2.75, 3.05) is 17.6 Å². The quantitative estimate of drug-likeness (QED) is 0.608. The number of rotatable bonds is 4. The zero-order valence-corrected chi connectivity index (χ0v) is 7.16. The minimum Gasteiger partial charge on any atom is -0.481 e. The largest absolute Gasteiger partial charge is 0.481 e. The summed E-state index contributed by atoms with van der Waals surface area (Å²) < 4.78 is 0. The van der Waals surface area contributed by atoms with Crippen molar-refractivity contribution in [2.24, 2.45) is 0 Å². The maximum Gasteiger partial charge on any atom is 0.305 e. The Kier molecular flexibility index (Phi) is 3.14. The molecule has 0 saturated heterocycles. The van der Waals surface area contributed by atoms with Crippen LogP contribution in [0.4, 0.5) is 11.4 Å². The Morgan fingerprint density at radius 3 is 2.54 bits per heavy atom. The number of carboxylic acids is 1. The van der Waals surface area contributed by atoms with Crippen molar-refractivity contribution in [1.82, 2.24) is 0 Å². The Morgan fingerprint density at radius 1 is 1.38 bits per heavy atom. The molecule has 0 amide bonds. The summed E-state index contributed by atoms with van der Waals surface area (Å²) in [5.74, 6) is -0.803. The van der Waals surface area contributed by atoms with Crippen molar-refractivity contribution in [3.05, 3.63) is 24.3 Å². The number of anilines is 2. The van der Waals surface area contributed by atoms with Gasteiger partial charge in [-0.05, 0) is 24.3 Å². The van der Waals surface area contributed by atoms with Crippen LogP contribution in [0.25, 0.3) is 0 Å². The number of carboxylic acid groups (broad SMARTS) is 1. The summed E-state index contributed by atoms with van der Waals surface area (Å²) >= 11 is 0. The summed E-state index contributed by atoms with van der Waals surface area (Å²) in [6, 6.07) is 7.17. The molecule has 0 spiro atoms. The SMILES string of the molecule is Nc1ccc(NCCC(=O)O)cc1. The van der Waals surface area contributed by atoms with Gasteiger partial charge < -0.3 is 16.2 Å². The van der Waals surface area contributed by atoms with Gasteiger partial charge in [0.2, 0.25) is 0 Å². The average molecular weight is 180 g/mol. The van der Waals surface area contributed by atoms with E-state index in [0.717, 1.165) is 5.69 Å². The van der Waals surface area contributed by atoms with Crippen molar-refractivity contribution in [3.8, 4) is 0 Å². The van der Waals surface area contributed by atoms with E-state index < -0.39 is 5.97 Å². The molecule has 0 aliphatic rings. The third-order valence-corrected chi connectivity index (χ3v) is 1.58. The van der Waals surface area contributed by atoms with Gasteiger partial charge in [0, 0.05) is 17.9 Å². The average Bonchev–Trinajstić information content (AvgIpc) is 2.08. The zero-order chi connectivity index (χ0) is 9.68.